The van der Waals surface area contributed by atoms with E-state index in [1.54, 1.807) is 6.92 Å². The van der Waals surface area contributed by atoms with E-state index in [9.17, 15) is 4.79 Å². The van der Waals surface area contributed by atoms with Crippen molar-refractivity contribution in [2.75, 3.05) is 23.3 Å². The maximum atomic E-state index is 11.3. The Morgan fingerprint density at radius 1 is 1.41 bits per heavy atom. The molecule has 2 rings (SSSR count). The first-order valence-electron chi connectivity index (χ1n) is 7.65. The lowest BCUT2D eigenvalue weighted by Crippen LogP contribution is -2.34. The molecule has 0 unspecified atom stereocenters. The average Bonchev–Trinajstić information content (AvgIpc) is 2.48. The molecule has 120 valence electrons. The van der Waals surface area contributed by atoms with Crippen LogP contribution >= 0.6 is 23.8 Å². The first-order chi connectivity index (χ1) is 10.5. The van der Waals surface area contributed by atoms with Crippen molar-refractivity contribution < 1.29 is 4.79 Å². The summed E-state index contributed by atoms with van der Waals surface area (Å²) in [5, 5.41) is 6.58. The third kappa shape index (κ3) is 4.58. The van der Waals surface area contributed by atoms with Gasteiger partial charge < -0.3 is 15.5 Å². The number of hydrogen-bond acceptors (Lipinski definition) is 3. The van der Waals surface area contributed by atoms with Gasteiger partial charge in [-0.15, -0.1) is 0 Å². The van der Waals surface area contributed by atoms with Gasteiger partial charge in [0.25, 0.3) is 0 Å². The topological polar surface area (TPSA) is 44.4 Å². The van der Waals surface area contributed by atoms with Crippen molar-refractivity contribution in [3.8, 4) is 0 Å². The molecule has 1 aromatic carbocycles. The number of hydrogen-bond donors (Lipinski definition) is 2. The highest BCUT2D eigenvalue weighted by molar-refractivity contribution is 7.80. The number of benzene rings is 1. The SMILES string of the molecule is CCC(=O)NC(=S)Nc1ccc(N2CCC(C)CC2)c(Cl)c1. The molecule has 22 heavy (non-hydrogen) atoms. The highest BCUT2D eigenvalue weighted by Gasteiger charge is 2.18. The van der Waals surface area contributed by atoms with E-state index in [2.05, 4.69) is 22.5 Å². The zero-order chi connectivity index (χ0) is 16.1. The van der Waals surface area contributed by atoms with E-state index in [4.69, 9.17) is 23.8 Å². The standard InChI is InChI=1S/C16H22ClN3OS/c1-3-15(21)19-16(22)18-12-4-5-14(13(17)10-12)20-8-6-11(2)7-9-20/h4-5,10-11H,3,6-9H2,1-2H3,(H2,18,19,21,22). The van der Waals surface area contributed by atoms with Crippen LogP contribution < -0.4 is 15.5 Å². The number of anilines is 2. The summed E-state index contributed by atoms with van der Waals surface area (Å²) in [7, 11) is 0. The summed E-state index contributed by atoms with van der Waals surface area (Å²) >= 11 is 11.5. The normalized spacial score (nSPS) is 15.5. The molecule has 0 radical (unpaired) electrons. The summed E-state index contributed by atoms with van der Waals surface area (Å²) < 4.78 is 0. The Labute approximate surface area is 142 Å². The van der Waals surface area contributed by atoms with Crippen molar-refractivity contribution in [2.45, 2.75) is 33.1 Å². The summed E-state index contributed by atoms with van der Waals surface area (Å²) in [5.41, 5.74) is 1.84. The molecular weight excluding hydrogens is 318 g/mol. The number of thiocarbonyl (C=S) groups is 1. The van der Waals surface area contributed by atoms with Crippen molar-refractivity contribution in [2.24, 2.45) is 5.92 Å². The summed E-state index contributed by atoms with van der Waals surface area (Å²) in [6.07, 6.45) is 2.79. The molecular formula is C16H22ClN3OS. The molecule has 1 heterocycles. The van der Waals surface area contributed by atoms with Gasteiger partial charge in [0.15, 0.2) is 5.11 Å². The van der Waals surface area contributed by atoms with Crippen molar-refractivity contribution in [3.05, 3.63) is 23.2 Å². The molecule has 1 aliphatic rings. The minimum absolute atomic E-state index is 0.109. The smallest absolute Gasteiger partial charge is 0.225 e. The summed E-state index contributed by atoms with van der Waals surface area (Å²) in [5.74, 6) is 0.679. The van der Waals surface area contributed by atoms with Crippen LogP contribution in [0.4, 0.5) is 11.4 Å². The molecule has 0 aliphatic carbocycles. The summed E-state index contributed by atoms with van der Waals surface area (Å²) in [6.45, 7) is 6.15. The Kier molecular flexibility index (Phi) is 6.03. The van der Waals surface area contributed by atoms with Gasteiger partial charge in [-0.25, -0.2) is 0 Å². The number of rotatable bonds is 3. The van der Waals surface area contributed by atoms with Gasteiger partial charge in [0.05, 0.1) is 10.7 Å². The molecule has 1 fully saturated rings. The number of nitrogens with zero attached hydrogens (tertiary/aromatic N) is 1. The van der Waals surface area contributed by atoms with Gasteiger partial charge in [0.2, 0.25) is 5.91 Å². The maximum Gasteiger partial charge on any atom is 0.225 e. The fraction of sp³-hybridized carbons (Fsp3) is 0.500. The molecule has 1 aliphatic heterocycles. The third-order valence-electron chi connectivity index (χ3n) is 3.90. The van der Waals surface area contributed by atoms with Crippen LogP contribution in [0, 0.1) is 5.92 Å². The van der Waals surface area contributed by atoms with Gasteiger partial charge in [-0.05, 0) is 49.2 Å². The second-order valence-corrected chi connectivity index (χ2v) is 6.51. The van der Waals surface area contributed by atoms with Crippen molar-refractivity contribution in [3.63, 3.8) is 0 Å². The average molecular weight is 340 g/mol. The predicted molar refractivity (Wildman–Crippen MR) is 96.7 cm³/mol. The molecule has 6 heteroatoms. The van der Waals surface area contributed by atoms with Gasteiger partial charge in [-0.3, -0.25) is 4.79 Å². The zero-order valence-electron chi connectivity index (χ0n) is 13.0. The van der Waals surface area contributed by atoms with Crippen LogP contribution in [0.15, 0.2) is 18.2 Å². The number of nitrogens with one attached hydrogen (secondary N) is 2. The van der Waals surface area contributed by atoms with E-state index in [1.165, 1.54) is 12.8 Å². The minimum Gasteiger partial charge on any atom is -0.370 e. The van der Waals surface area contributed by atoms with Crippen LogP contribution in [0.3, 0.4) is 0 Å². The molecule has 0 bridgehead atoms. The van der Waals surface area contributed by atoms with E-state index in [0.29, 0.717) is 16.6 Å². The van der Waals surface area contributed by atoms with Gasteiger partial charge in [-0.1, -0.05) is 25.4 Å². The minimum atomic E-state index is -0.109. The van der Waals surface area contributed by atoms with Crippen LogP contribution in [0.2, 0.25) is 5.02 Å². The largest absolute Gasteiger partial charge is 0.370 e. The highest BCUT2D eigenvalue weighted by Crippen LogP contribution is 2.31. The maximum absolute atomic E-state index is 11.3. The van der Waals surface area contributed by atoms with Crippen LogP contribution in [-0.2, 0) is 4.79 Å². The Hall–Kier alpha value is -1.33. The van der Waals surface area contributed by atoms with E-state index < -0.39 is 0 Å². The lowest BCUT2D eigenvalue weighted by molar-refractivity contribution is -0.119. The molecule has 4 nitrogen and oxygen atoms in total. The fourth-order valence-corrected chi connectivity index (χ4v) is 3.00. The van der Waals surface area contributed by atoms with Crippen LogP contribution in [0.1, 0.15) is 33.1 Å². The number of amides is 1. The quantitative estimate of drug-likeness (QED) is 0.822. The monoisotopic (exact) mass is 339 g/mol. The molecule has 0 aromatic heterocycles. The van der Waals surface area contributed by atoms with Gasteiger partial charge in [0, 0.05) is 25.2 Å². The van der Waals surface area contributed by atoms with Gasteiger partial charge in [-0.2, -0.15) is 0 Å². The van der Waals surface area contributed by atoms with E-state index >= 15 is 0 Å². The Morgan fingerprint density at radius 2 is 2.09 bits per heavy atom. The van der Waals surface area contributed by atoms with Crippen LogP contribution in [0.5, 0.6) is 0 Å². The molecule has 1 amide bonds. The van der Waals surface area contributed by atoms with E-state index in [0.717, 1.165) is 30.4 Å². The van der Waals surface area contributed by atoms with Gasteiger partial charge in [0.1, 0.15) is 0 Å². The van der Waals surface area contributed by atoms with Crippen molar-refractivity contribution in [1.82, 2.24) is 5.32 Å². The molecule has 0 spiro atoms. The summed E-state index contributed by atoms with van der Waals surface area (Å²) in [4.78, 5) is 13.6. The second-order valence-electron chi connectivity index (χ2n) is 5.69. The summed E-state index contributed by atoms with van der Waals surface area (Å²) in [6, 6.07) is 5.79. The molecule has 0 saturated carbocycles. The van der Waals surface area contributed by atoms with Crippen LogP contribution in [-0.4, -0.2) is 24.1 Å². The fourth-order valence-electron chi connectivity index (χ4n) is 2.47. The lowest BCUT2D eigenvalue weighted by Gasteiger charge is -2.32. The van der Waals surface area contributed by atoms with Crippen molar-refractivity contribution in [1.29, 1.82) is 0 Å². The Balaban J connectivity index is 2.00. The Bertz CT molecular complexity index is 556. The molecule has 1 aromatic rings. The molecule has 1 saturated heterocycles. The van der Waals surface area contributed by atoms with Crippen molar-refractivity contribution >= 4 is 46.2 Å². The lowest BCUT2D eigenvalue weighted by atomic mass is 9.99. The second kappa shape index (κ2) is 7.79. The molecule has 2 N–H and O–H groups in total. The first kappa shape index (κ1) is 17.0. The number of carbonyl (C=O) groups is 1. The zero-order valence-corrected chi connectivity index (χ0v) is 14.6. The Morgan fingerprint density at radius 3 is 2.68 bits per heavy atom. The third-order valence-corrected chi connectivity index (χ3v) is 4.41. The number of halogens is 1. The van der Waals surface area contributed by atoms with Crippen LogP contribution in [0.25, 0.3) is 0 Å². The highest BCUT2D eigenvalue weighted by atomic mass is 35.5. The predicted octanol–water partition coefficient (Wildman–Crippen LogP) is 3.80. The molecule has 0 atom stereocenters. The number of piperidine rings is 1. The van der Waals surface area contributed by atoms with E-state index in [-0.39, 0.29) is 5.91 Å². The van der Waals surface area contributed by atoms with Gasteiger partial charge >= 0.3 is 0 Å². The van der Waals surface area contributed by atoms with E-state index in [1.807, 2.05) is 18.2 Å². The first-order valence-corrected chi connectivity index (χ1v) is 8.43. The number of carbonyl (C=O) groups excluding carboxylic acids is 1.